The van der Waals surface area contributed by atoms with E-state index in [4.69, 9.17) is 9.47 Å². The van der Waals surface area contributed by atoms with Gasteiger partial charge in [-0.1, -0.05) is 12.1 Å². The van der Waals surface area contributed by atoms with Gasteiger partial charge in [0.1, 0.15) is 23.1 Å². The molecule has 1 amide bonds. The summed E-state index contributed by atoms with van der Waals surface area (Å²) in [6.07, 6.45) is 1.30. The molecule has 0 saturated heterocycles. The molecule has 1 atom stereocenters. The molecule has 0 radical (unpaired) electrons. The van der Waals surface area contributed by atoms with Crippen molar-refractivity contribution in [3.63, 3.8) is 0 Å². The largest absolute Gasteiger partial charge is 0.497 e. The van der Waals surface area contributed by atoms with Gasteiger partial charge < -0.3 is 9.47 Å². The van der Waals surface area contributed by atoms with Gasteiger partial charge in [0.15, 0.2) is 0 Å². The highest BCUT2D eigenvalue weighted by atomic mass is 16.6. The maximum Gasteiger partial charge on any atom is 0.415 e. The first-order valence-corrected chi connectivity index (χ1v) is 7.10. The van der Waals surface area contributed by atoms with E-state index >= 15 is 0 Å². The third-order valence-corrected chi connectivity index (χ3v) is 3.28. The smallest absolute Gasteiger partial charge is 0.415 e. The van der Waals surface area contributed by atoms with Gasteiger partial charge in [-0.15, -0.1) is 0 Å². The zero-order chi connectivity index (χ0) is 16.3. The van der Waals surface area contributed by atoms with Gasteiger partial charge in [0.2, 0.25) is 0 Å². The molecule has 0 aliphatic carbocycles. The van der Waals surface area contributed by atoms with Crippen molar-refractivity contribution >= 4 is 6.09 Å². The van der Waals surface area contributed by atoms with Crippen LogP contribution in [-0.2, 0) is 4.74 Å². The van der Waals surface area contributed by atoms with E-state index in [0.717, 1.165) is 11.3 Å². The second kappa shape index (κ2) is 6.10. The fourth-order valence-electron chi connectivity index (χ4n) is 2.29. The molecule has 0 aromatic heterocycles. The van der Waals surface area contributed by atoms with Gasteiger partial charge in [0.05, 0.1) is 7.11 Å². The maximum absolute atomic E-state index is 12.2. The topological polar surface area (TPSA) is 62.6 Å². The number of allylic oxidation sites excluding steroid dienone is 1. The summed E-state index contributed by atoms with van der Waals surface area (Å²) in [4.78, 5) is 13.6. The standard InChI is InChI=1S/C17H20N2O3/c1-17(2,3)22-16(20)19-11-13(8-14(19)10-18)12-6-5-7-15(9-12)21-4/h5-9,13H,11H2,1-4H3. The van der Waals surface area contributed by atoms with E-state index in [9.17, 15) is 10.1 Å². The quantitative estimate of drug-likeness (QED) is 0.839. The van der Waals surface area contributed by atoms with E-state index in [1.54, 1.807) is 34.0 Å². The summed E-state index contributed by atoms with van der Waals surface area (Å²) in [7, 11) is 1.61. The number of benzene rings is 1. The van der Waals surface area contributed by atoms with Gasteiger partial charge in [-0.3, -0.25) is 4.90 Å². The molecule has 1 unspecified atom stereocenters. The van der Waals surface area contributed by atoms with Crippen LogP contribution in [0.2, 0.25) is 0 Å². The first kappa shape index (κ1) is 15.9. The predicted molar refractivity (Wildman–Crippen MR) is 82.4 cm³/mol. The van der Waals surface area contributed by atoms with Crippen LogP contribution in [0, 0.1) is 11.3 Å². The van der Waals surface area contributed by atoms with Crippen LogP contribution in [0.1, 0.15) is 32.3 Å². The second-order valence-corrected chi connectivity index (χ2v) is 6.14. The molecule has 0 bridgehead atoms. The fourth-order valence-corrected chi connectivity index (χ4v) is 2.29. The lowest BCUT2D eigenvalue weighted by molar-refractivity contribution is 0.0333. The Morgan fingerprint density at radius 2 is 2.14 bits per heavy atom. The highest BCUT2D eigenvalue weighted by molar-refractivity contribution is 5.73. The minimum Gasteiger partial charge on any atom is -0.497 e. The normalized spacial score (nSPS) is 17.7. The Morgan fingerprint density at radius 1 is 1.41 bits per heavy atom. The van der Waals surface area contributed by atoms with Crippen LogP contribution in [0.5, 0.6) is 5.75 Å². The van der Waals surface area contributed by atoms with Crippen LogP contribution in [0.4, 0.5) is 4.79 Å². The first-order valence-electron chi connectivity index (χ1n) is 7.10. The number of amides is 1. The third-order valence-electron chi connectivity index (χ3n) is 3.28. The van der Waals surface area contributed by atoms with Gasteiger partial charge >= 0.3 is 6.09 Å². The van der Waals surface area contributed by atoms with Crippen molar-refractivity contribution in [2.75, 3.05) is 13.7 Å². The Kier molecular flexibility index (Phi) is 4.41. The van der Waals surface area contributed by atoms with Gasteiger partial charge in [-0.05, 0) is 44.5 Å². The zero-order valence-electron chi connectivity index (χ0n) is 13.3. The van der Waals surface area contributed by atoms with Crippen molar-refractivity contribution in [1.29, 1.82) is 5.26 Å². The maximum atomic E-state index is 12.2. The lowest BCUT2D eigenvalue weighted by atomic mass is 10.00. The summed E-state index contributed by atoms with van der Waals surface area (Å²) in [5, 5.41) is 9.26. The molecular weight excluding hydrogens is 280 g/mol. The fraction of sp³-hybridized carbons (Fsp3) is 0.412. The molecule has 1 aromatic rings. The van der Waals surface area contributed by atoms with Crippen molar-refractivity contribution in [3.05, 3.63) is 41.6 Å². The average molecular weight is 300 g/mol. The van der Waals surface area contributed by atoms with Gasteiger partial charge in [-0.2, -0.15) is 5.26 Å². The van der Waals surface area contributed by atoms with Crippen molar-refractivity contribution in [2.45, 2.75) is 32.3 Å². The molecule has 1 aromatic carbocycles. The molecule has 5 heteroatoms. The highest BCUT2D eigenvalue weighted by Gasteiger charge is 2.32. The monoisotopic (exact) mass is 300 g/mol. The number of carbonyl (C=O) groups is 1. The van der Waals surface area contributed by atoms with Crippen LogP contribution >= 0.6 is 0 Å². The Morgan fingerprint density at radius 3 is 2.73 bits per heavy atom. The first-order chi connectivity index (χ1) is 10.3. The number of hydrogen-bond donors (Lipinski definition) is 0. The molecule has 2 rings (SSSR count). The zero-order valence-corrected chi connectivity index (χ0v) is 13.3. The van der Waals surface area contributed by atoms with Gasteiger partial charge in [0.25, 0.3) is 0 Å². The number of ether oxygens (including phenoxy) is 2. The summed E-state index contributed by atoms with van der Waals surface area (Å²) >= 11 is 0. The number of hydrogen-bond acceptors (Lipinski definition) is 4. The van der Waals surface area contributed by atoms with E-state index in [-0.39, 0.29) is 5.92 Å². The van der Waals surface area contributed by atoms with Crippen molar-refractivity contribution in [1.82, 2.24) is 4.90 Å². The number of rotatable bonds is 2. The number of methoxy groups -OCH3 is 1. The van der Waals surface area contributed by atoms with E-state index in [1.807, 2.05) is 24.3 Å². The van der Waals surface area contributed by atoms with Crippen LogP contribution in [0.15, 0.2) is 36.0 Å². The van der Waals surface area contributed by atoms with E-state index in [2.05, 4.69) is 6.07 Å². The van der Waals surface area contributed by atoms with E-state index in [0.29, 0.717) is 12.2 Å². The molecule has 116 valence electrons. The minimum absolute atomic E-state index is 0.0442. The molecule has 1 heterocycles. The average Bonchev–Trinajstić information content (AvgIpc) is 2.90. The third kappa shape index (κ3) is 3.59. The van der Waals surface area contributed by atoms with Crippen molar-refractivity contribution < 1.29 is 14.3 Å². The van der Waals surface area contributed by atoms with Crippen molar-refractivity contribution in [3.8, 4) is 11.8 Å². The Hall–Kier alpha value is -2.48. The number of carbonyl (C=O) groups excluding carboxylic acids is 1. The van der Waals surface area contributed by atoms with Gasteiger partial charge in [0, 0.05) is 12.5 Å². The Balaban J connectivity index is 2.20. The molecule has 5 nitrogen and oxygen atoms in total. The highest BCUT2D eigenvalue weighted by Crippen LogP contribution is 2.31. The van der Waals surface area contributed by atoms with Crippen LogP contribution < -0.4 is 4.74 Å². The molecular formula is C17H20N2O3. The lowest BCUT2D eigenvalue weighted by Gasteiger charge is -2.25. The molecule has 0 spiro atoms. The molecule has 0 saturated carbocycles. The summed E-state index contributed by atoms with van der Waals surface area (Å²) < 4.78 is 10.6. The molecule has 1 aliphatic heterocycles. The predicted octanol–water partition coefficient (Wildman–Crippen LogP) is 3.44. The van der Waals surface area contributed by atoms with Gasteiger partial charge in [-0.25, -0.2) is 4.79 Å². The summed E-state index contributed by atoms with van der Waals surface area (Å²) in [5.41, 5.74) is 0.728. The van der Waals surface area contributed by atoms with Crippen LogP contribution in [0.3, 0.4) is 0 Å². The molecule has 22 heavy (non-hydrogen) atoms. The summed E-state index contributed by atoms with van der Waals surface area (Å²) in [5.74, 6) is 0.706. The second-order valence-electron chi connectivity index (χ2n) is 6.14. The van der Waals surface area contributed by atoms with E-state index < -0.39 is 11.7 Å². The van der Waals surface area contributed by atoms with Crippen LogP contribution in [0.25, 0.3) is 0 Å². The lowest BCUT2D eigenvalue weighted by Crippen LogP contribution is -2.35. The SMILES string of the molecule is COc1cccc(C2C=C(C#N)N(C(=O)OC(C)(C)C)C2)c1. The summed E-state index contributed by atoms with van der Waals surface area (Å²) in [6.45, 7) is 5.80. The Bertz CT molecular complexity index is 638. The van der Waals surface area contributed by atoms with Crippen molar-refractivity contribution in [2.24, 2.45) is 0 Å². The van der Waals surface area contributed by atoms with E-state index in [1.165, 1.54) is 4.90 Å². The Labute approximate surface area is 130 Å². The molecule has 1 aliphatic rings. The van der Waals surface area contributed by atoms with Crippen LogP contribution in [-0.4, -0.2) is 30.2 Å². The minimum atomic E-state index is -0.592. The summed E-state index contributed by atoms with van der Waals surface area (Å²) in [6, 6.07) is 9.68. The number of nitrogens with zero attached hydrogens (tertiary/aromatic N) is 2. The number of nitriles is 1. The molecule has 0 fully saturated rings. The molecule has 0 N–H and O–H groups in total.